The van der Waals surface area contributed by atoms with Crippen molar-refractivity contribution < 1.29 is 14.6 Å². The van der Waals surface area contributed by atoms with Crippen molar-refractivity contribution >= 4 is 29.3 Å². The van der Waals surface area contributed by atoms with Crippen LogP contribution in [0.15, 0.2) is 29.8 Å². The average Bonchev–Trinajstić information content (AvgIpc) is 2.59. The van der Waals surface area contributed by atoms with Crippen molar-refractivity contribution in [3.63, 3.8) is 0 Å². The van der Waals surface area contributed by atoms with Gasteiger partial charge in [0.25, 0.3) is 0 Å². The molecule has 1 unspecified atom stereocenters. The number of nitrogens with zero attached hydrogens (tertiary/aromatic N) is 2. The van der Waals surface area contributed by atoms with Gasteiger partial charge in [-0.1, -0.05) is 11.6 Å². The molecule has 1 aliphatic rings. The van der Waals surface area contributed by atoms with Crippen molar-refractivity contribution in [2.75, 3.05) is 31.4 Å². The van der Waals surface area contributed by atoms with Gasteiger partial charge in [0, 0.05) is 17.3 Å². The molecule has 0 radical (unpaired) electrons. The third kappa shape index (κ3) is 3.52. The molecule has 24 heavy (non-hydrogen) atoms. The Labute approximate surface area is 144 Å². The Morgan fingerprint density at radius 1 is 1.21 bits per heavy atom. The highest BCUT2D eigenvalue weighted by Gasteiger charge is 2.18. The number of benzene rings is 1. The summed E-state index contributed by atoms with van der Waals surface area (Å²) in [6.07, 6.45) is 1.07. The van der Waals surface area contributed by atoms with Gasteiger partial charge in [-0.05, 0) is 35.4 Å². The van der Waals surface area contributed by atoms with Gasteiger partial charge in [0.2, 0.25) is 17.7 Å². The molecule has 8 heteroatoms. The highest BCUT2D eigenvalue weighted by Crippen LogP contribution is 2.29. The molecule has 2 aromatic rings. The topological polar surface area (TPSA) is 88.5 Å². The van der Waals surface area contributed by atoms with Crippen LogP contribution in [-0.4, -0.2) is 42.1 Å². The fourth-order valence-electron chi connectivity index (χ4n) is 2.32. The number of halogens is 1. The van der Waals surface area contributed by atoms with E-state index < -0.39 is 6.23 Å². The summed E-state index contributed by atoms with van der Waals surface area (Å²) < 4.78 is 10.2. The molecule has 3 rings (SSSR count). The van der Waals surface area contributed by atoms with Gasteiger partial charge in [0.05, 0.1) is 20.3 Å². The maximum Gasteiger partial charge on any atom is 0.229 e. The van der Waals surface area contributed by atoms with E-state index in [9.17, 15) is 5.11 Å². The lowest BCUT2D eigenvalue weighted by molar-refractivity contribution is 0.239. The molecule has 0 aliphatic carbocycles. The molecule has 3 N–H and O–H groups in total. The summed E-state index contributed by atoms with van der Waals surface area (Å²) in [4.78, 5) is 8.39. The van der Waals surface area contributed by atoms with Gasteiger partial charge in [0.1, 0.15) is 6.23 Å². The van der Waals surface area contributed by atoms with Crippen molar-refractivity contribution in [3.05, 3.63) is 40.4 Å². The van der Waals surface area contributed by atoms with Crippen LogP contribution in [0.3, 0.4) is 0 Å². The SMILES string of the molecule is COc1cc(OC)nc(NCC2=Cc3cc(Cl)ccc3NC2O)n1. The second-order valence-corrected chi connectivity index (χ2v) is 5.56. The Morgan fingerprint density at radius 3 is 2.58 bits per heavy atom. The molecule has 0 bridgehead atoms. The fourth-order valence-corrected chi connectivity index (χ4v) is 2.50. The van der Waals surface area contributed by atoms with Crippen molar-refractivity contribution in [2.24, 2.45) is 0 Å². The van der Waals surface area contributed by atoms with Gasteiger partial charge < -0.3 is 25.2 Å². The predicted octanol–water partition coefficient (Wildman–Crippen LogP) is 2.39. The average molecular weight is 349 g/mol. The minimum Gasteiger partial charge on any atom is -0.481 e. The largest absolute Gasteiger partial charge is 0.481 e. The second kappa shape index (κ2) is 6.94. The molecule has 1 aromatic heterocycles. The summed E-state index contributed by atoms with van der Waals surface area (Å²) in [6.45, 7) is 0.344. The van der Waals surface area contributed by atoms with Gasteiger partial charge in [0.15, 0.2) is 0 Å². The number of aliphatic hydroxyl groups is 1. The third-order valence-electron chi connectivity index (χ3n) is 3.55. The maximum absolute atomic E-state index is 10.2. The highest BCUT2D eigenvalue weighted by atomic mass is 35.5. The molecule has 0 fully saturated rings. The lowest BCUT2D eigenvalue weighted by atomic mass is 10.0. The first kappa shape index (κ1) is 16.4. The zero-order valence-electron chi connectivity index (χ0n) is 13.2. The van der Waals surface area contributed by atoms with Crippen molar-refractivity contribution in [1.82, 2.24) is 9.97 Å². The van der Waals surface area contributed by atoms with Gasteiger partial charge in [-0.3, -0.25) is 0 Å². The minimum atomic E-state index is -0.807. The highest BCUT2D eigenvalue weighted by molar-refractivity contribution is 6.30. The smallest absolute Gasteiger partial charge is 0.229 e. The lowest BCUT2D eigenvalue weighted by Crippen LogP contribution is -2.28. The van der Waals surface area contributed by atoms with E-state index in [2.05, 4.69) is 20.6 Å². The summed E-state index contributed by atoms with van der Waals surface area (Å²) >= 11 is 6.02. The second-order valence-electron chi connectivity index (χ2n) is 5.13. The van der Waals surface area contributed by atoms with Crippen molar-refractivity contribution in [3.8, 4) is 11.8 Å². The number of rotatable bonds is 5. The number of anilines is 2. The number of fused-ring (bicyclic) bond motifs is 1. The molecule has 0 amide bonds. The van der Waals surface area contributed by atoms with E-state index in [4.69, 9.17) is 21.1 Å². The molecule has 126 valence electrons. The number of aliphatic hydroxyl groups excluding tert-OH is 1. The van der Waals surface area contributed by atoms with Crippen LogP contribution in [0.1, 0.15) is 5.56 Å². The first-order chi connectivity index (χ1) is 11.6. The van der Waals surface area contributed by atoms with Crippen molar-refractivity contribution in [2.45, 2.75) is 6.23 Å². The zero-order chi connectivity index (χ0) is 17.1. The van der Waals surface area contributed by atoms with Crippen LogP contribution in [0.5, 0.6) is 11.8 Å². The standard InChI is InChI=1S/C16H17ClN4O3/c1-23-13-7-14(24-2)21-16(20-13)18-8-10-5-9-6-11(17)3-4-12(9)19-15(10)22/h3-7,15,19,22H,8H2,1-2H3,(H,18,20,21). The Hall–Kier alpha value is -2.51. The normalized spacial score (nSPS) is 15.8. The number of methoxy groups -OCH3 is 2. The monoisotopic (exact) mass is 348 g/mol. The number of nitrogens with one attached hydrogen (secondary N) is 2. The van der Waals surface area contributed by atoms with Crippen LogP contribution in [0, 0.1) is 0 Å². The van der Waals surface area contributed by atoms with Gasteiger partial charge in [-0.25, -0.2) is 0 Å². The molecule has 2 heterocycles. The molecule has 0 saturated heterocycles. The summed E-state index contributed by atoms with van der Waals surface area (Å²) in [5, 5.41) is 16.9. The predicted molar refractivity (Wildman–Crippen MR) is 92.7 cm³/mol. The van der Waals surface area contributed by atoms with E-state index in [1.807, 2.05) is 18.2 Å². The van der Waals surface area contributed by atoms with Crippen LogP contribution < -0.4 is 20.1 Å². The lowest BCUT2D eigenvalue weighted by Gasteiger charge is -2.24. The molecule has 1 aromatic carbocycles. The third-order valence-corrected chi connectivity index (χ3v) is 3.78. The van der Waals surface area contributed by atoms with E-state index in [-0.39, 0.29) is 0 Å². The van der Waals surface area contributed by atoms with Crippen LogP contribution in [0.4, 0.5) is 11.6 Å². The van der Waals surface area contributed by atoms with Crippen LogP contribution in [-0.2, 0) is 0 Å². The minimum absolute atomic E-state index is 0.344. The summed E-state index contributed by atoms with van der Waals surface area (Å²) in [7, 11) is 3.03. The van der Waals surface area contributed by atoms with Crippen LogP contribution in [0.2, 0.25) is 5.02 Å². The Balaban J connectivity index is 1.79. The van der Waals surface area contributed by atoms with Crippen molar-refractivity contribution in [1.29, 1.82) is 0 Å². The quantitative estimate of drug-likeness (QED) is 0.764. The van der Waals surface area contributed by atoms with Gasteiger partial charge in [-0.15, -0.1) is 0 Å². The molecule has 0 saturated carbocycles. The Morgan fingerprint density at radius 2 is 1.92 bits per heavy atom. The fraction of sp³-hybridized carbons (Fsp3) is 0.250. The van der Waals surface area contributed by atoms with Gasteiger partial charge >= 0.3 is 0 Å². The first-order valence-electron chi connectivity index (χ1n) is 7.24. The molecule has 1 atom stereocenters. The number of hydrogen-bond acceptors (Lipinski definition) is 7. The van der Waals surface area contributed by atoms with E-state index in [0.29, 0.717) is 29.3 Å². The number of hydrogen-bond donors (Lipinski definition) is 3. The summed E-state index contributed by atoms with van der Waals surface area (Å²) in [5.41, 5.74) is 2.47. The Bertz CT molecular complexity index is 760. The van der Waals surface area contributed by atoms with E-state index >= 15 is 0 Å². The van der Waals surface area contributed by atoms with Gasteiger partial charge in [-0.2, -0.15) is 9.97 Å². The number of aromatic nitrogens is 2. The summed E-state index contributed by atoms with van der Waals surface area (Å²) in [5.74, 6) is 1.12. The number of ether oxygens (including phenoxy) is 2. The molecular weight excluding hydrogens is 332 g/mol. The molecule has 1 aliphatic heterocycles. The molecular formula is C16H17ClN4O3. The maximum atomic E-state index is 10.2. The van der Waals surface area contributed by atoms with E-state index in [1.54, 1.807) is 12.1 Å². The molecule has 0 spiro atoms. The Kier molecular flexibility index (Phi) is 4.73. The zero-order valence-corrected chi connectivity index (χ0v) is 14.0. The molecule has 7 nitrogen and oxygen atoms in total. The van der Waals surface area contributed by atoms with Crippen LogP contribution in [0.25, 0.3) is 6.08 Å². The summed E-state index contributed by atoms with van der Waals surface area (Å²) in [6, 6.07) is 7.02. The van der Waals surface area contributed by atoms with E-state index in [0.717, 1.165) is 16.8 Å². The van der Waals surface area contributed by atoms with E-state index in [1.165, 1.54) is 14.2 Å². The van der Waals surface area contributed by atoms with Crippen LogP contribution >= 0.6 is 11.6 Å². The first-order valence-corrected chi connectivity index (χ1v) is 7.62.